The van der Waals surface area contributed by atoms with Crippen molar-refractivity contribution in [2.45, 2.75) is 19.8 Å². The highest BCUT2D eigenvalue weighted by Gasteiger charge is 1.95. The molecule has 14 heavy (non-hydrogen) atoms. The number of esters is 1. The highest BCUT2D eigenvalue weighted by Crippen LogP contribution is 1.99. The van der Waals surface area contributed by atoms with E-state index < -0.39 is 0 Å². The van der Waals surface area contributed by atoms with E-state index in [9.17, 15) is 4.79 Å². The van der Waals surface area contributed by atoms with Crippen LogP contribution in [0.5, 0.6) is 0 Å². The summed E-state index contributed by atoms with van der Waals surface area (Å²) in [5.41, 5.74) is 0.970. The van der Waals surface area contributed by atoms with E-state index in [0.717, 1.165) is 18.4 Å². The van der Waals surface area contributed by atoms with Gasteiger partial charge >= 0.3 is 5.97 Å². The number of nitrogens with one attached hydrogen (secondary N) is 1. The first kappa shape index (κ1) is 10.6. The van der Waals surface area contributed by atoms with Gasteiger partial charge in [-0.3, -0.25) is 0 Å². The van der Waals surface area contributed by atoms with Gasteiger partial charge in [-0.15, -0.1) is 0 Å². The number of carbonyl (C=O) groups is 1. The van der Waals surface area contributed by atoms with E-state index in [1.807, 2.05) is 18.5 Å². The smallest absolute Gasteiger partial charge is 0.330 e. The standard InChI is InChI=1S/C11H15NO2/c1-2-3-8-14-11(13)5-4-10-6-7-12-9-10/h4-7,9,12H,2-3,8H2,1H3/b5-4-. The zero-order valence-electron chi connectivity index (χ0n) is 8.32. The lowest BCUT2D eigenvalue weighted by molar-refractivity contribution is -0.137. The van der Waals surface area contributed by atoms with Crippen molar-refractivity contribution in [3.8, 4) is 0 Å². The average Bonchev–Trinajstić information content (AvgIpc) is 2.68. The van der Waals surface area contributed by atoms with Gasteiger partial charge in [-0.2, -0.15) is 0 Å². The van der Waals surface area contributed by atoms with Gasteiger partial charge in [-0.1, -0.05) is 13.3 Å². The van der Waals surface area contributed by atoms with Crippen LogP contribution in [-0.4, -0.2) is 17.6 Å². The molecule has 0 unspecified atom stereocenters. The number of ether oxygens (including phenoxy) is 1. The molecule has 3 heteroatoms. The Morgan fingerprint density at radius 2 is 2.50 bits per heavy atom. The van der Waals surface area contributed by atoms with Crippen LogP contribution in [0.2, 0.25) is 0 Å². The van der Waals surface area contributed by atoms with E-state index in [1.54, 1.807) is 6.08 Å². The molecule has 0 aliphatic rings. The summed E-state index contributed by atoms with van der Waals surface area (Å²) in [5, 5.41) is 0. The van der Waals surface area contributed by atoms with Gasteiger partial charge in [-0.25, -0.2) is 4.79 Å². The third-order valence-corrected chi connectivity index (χ3v) is 1.78. The van der Waals surface area contributed by atoms with Gasteiger partial charge in [0.05, 0.1) is 6.61 Å². The number of aromatic amines is 1. The first-order valence-corrected chi connectivity index (χ1v) is 4.80. The number of hydrogen-bond donors (Lipinski definition) is 1. The van der Waals surface area contributed by atoms with Crippen LogP contribution in [-0.2, 0) is 9.53 Å². The monoisotopic (exact) mass is 193 g/mol. The SMILES string of the molecule is CCCCOC(=O)/C=C\c1cc[nH]c1. The number of H-pyrrole nitrogens is 1. The fraction of sp³-hybridized carbons (Fsp3) is 0.364. The molecule has 0 saturated heterocycles. The maximum atomic E-state index is 11.1. The Bertz CT molecular complexity index is 288. The molecule has 76 valence electrons. The van der Waals surface area contributed by atoms with Crippen LogP contribution in [0.4, 0.5) is 0 Å². The van der Waals surface area contributed by atoms with Crippen LogP contribution in [0, 0.1) is 0 Å². The van der Waals surface area contributed by atoms with Crippen molar-refractivity contribution < 1.29 is 9.53 Å². The molecule has 0 radical (unpaired) electrons. The summed E-state index contributed by atoms with van der Waals surface area (Å²) >= 11 is 0. The molecule has 0 spiro atoms. The molecule has 1 aromatic rings. The predicted molar refractivity (Wildman–Crippen MR) is 55.7 cm³/mol. The van der Waals surface area contributed by atoms with E-state index in [0.29, 0.717) is 6.61 Å². The number of unbranched alkanes of at least 4 members (excludes halogenated alkanes) is 1. The fourth-order valence-electron chi connectivity index (χ4n) is 0.970. The van der Waals surface area contributed by atoms with Crippen LogP contribution in [0.15, 0.2) is 24.5 Å². The van der Waals surface area contributed by atoms with Crippen molar-refractivity contribution in [2.75, 3.05) is 6.61 Å². The van der Waals surface area contributed by atoms with Crippen LogP contribution in [0.1, 0.15) is 25.3 Å². The fourth-order valence-corrected chi connectivity index (χ4v) is 0.970. The first-order chi connectivity index (χ1) is 6.83. The molecule has 0 aromatic carbocycles. The number of aromatic nitrogens is 1. The van der Waals surface area contributed by atoms with Gasteiger partial charge in [0.1, 0.15) is 0 Å². The zero-order chi connectivity index (χ0) is 10.2. The molecule has 0 fully saturated rings. The lowest BCUT2D eigenvalue weighted by Gasteiger charge is -1.98. The molecule has 1 N–H and O–H groups in total. The molecule has 3 nitrogen and oxygen atoms in total. The van der Waals surface area contributed by atoms with Crippen LogP contribution in [0.3, 0.4) is 0 Å². The van der Waals surface area contributed by atoms with Crippen LogP contribution in [0.25, 0.3) is 6.08 Å². The third kappa shape index (κ3) is 3.94. The van der Waals surface area contributed by atoms with Crippen LogP contribution < -0.4 is 0 Å². The van der Waals surface area contributed by atoms with Gasteiger partial charge in [0, 0.05) is 18.5 Å². The molecule has 1 heterocycles. The molecule has 0 saturated carbocycles. The summed E-state index contributed by atoms with van der Waals surface area (Å²) in [6, 6.07) is 1.88. The second-order valence-electron chi connectivity index (χ2n) is 3.00. The summed E-state index contributed by atoms with van der Waals surface area (Å²) in [6.07, 6.45) is 8.75. The van der Waals surface area contributed by atoms with E-state index >= 15 is 0 Å². The molecule has 0 atom stereocenters. The van der Waals surface area contributed by atoms with Crippen molar-refractivity contribution in [1.82, 2.24) is 4.98 Å². The Morgan fingerprint density at radius 3 is 3.14 bits per heavy atom. The Morgan fingerprint density at radius 1 is 1.64 bits per heavy atom. The molecular weight excluding hydrogens is 178 g/mol. The Labute approximate surface area is 83.8 Å². The summed E-state index contributed by atoms with van der Waals surface area (Å²) in [6.45, 7) is 2.57. The van der Waals surface area contributed by atoms with Crippen molar-refractivity contribution in [2.24, 2.45) is 0 Å². The summed E-state index contributed by atoms with van der Waals surface area (Å²) in [7, 11) is 0. The minimum absolute atomic E-state index is 0.278. The second kappa shape index (κ2) is 6.02. The molecule has 0 bridgehead atoms. The van der Waals surface area contributed by atoms with Crippen molar-refractivity contribution in [3.63, 3.8) is 0 Å². The minimum atomic E-state index is -0.278. The normalized spacial score (nSPS) is 10.6. The minimum Gasteiger partial charge on any atom is -0.463 e. The largest absolute Gasteiger partial charge is 0.463 e. The van der Waals surface area contributed by atoms with E-state index in [-0.39, 0.29) is 5.97 Å². The van der Waals surface area contributed by atoms with Gasteiger partial charge in [-0.05, 0) is 24.1 Å². The lowest BCUT2D eigenvalue weighted by atomic mass is 10.3. The quantitative estimate of drug-likeness (QED) is 0.443. The van der Waals surface area contributed by atoms with Gasteiger partial charge in [0.2, 0.25) is 0 Å². The van der Waals surface area contributed by atoms with E-state index in [4.69, 9.17) is 4.74 Å². The van der Waals surface area contributed by atoms with Crippen molar-refractivity contribution in [1.29, 1.82) is 0 Å². The molecule has 0 amide bonds. The average molecular weight is 193 g/mol. The van der Waals surface area contributed by atoms with E-state index in [2.05, 4.69) is 11.9 Å². The van der Waals surface area contributed by atoms with Gasteiger partial charge < -0.3 is 9.72 Å². The molecular formula is C11H15NO2. The maximum absolute atomic E-state index is 11.1. The second-order valence-corrected chi connectivity index (χ2v) is 3.00. The third-order valence-electron chi connectivity index (χ3n) is 1.78. The molecule has 0 aliphatic carbocycles. The number of rotatable bonds is 5. The molecule has 1 aromatic heterocycles. The molecule has 1 rings (SSSR count). The molecule has 0 aliphatic heterocycles. The maximum Gasteiger partial charge on any atom is 0.330 e. The summed E-state index contributed by atoms with van der Waals surface area (Å²) in [5.74, 6) is -0.278. The van der Waals surface area contributed by atoms with Gasteiger partial charge in [0.15, 0.2) is 0 Å². The Balaban J connectivity index is 2.26. The summed E-state index contributed by atoms with van der Waals surface area (Å²) < 4.78 is 4.94. The van der Waals surface area contributed by atoms with E-state index in [1.165, 1.54) is 6.08 Å². The predicted octanol–water partition coefficient (Wildman–Crippen LogP) is 2.37. The Hall–Kier alpha value is -1.51. The number of hydrogen-bond acceptors (Lipinski definition) is 2. The zero-order valence-corrected chi connectivity index (χ0v) is 8.32. The van der Waals surface area contributed by atoms with Crippen molar-refractivity contribution >= 4 is 12.0 Å². The van der Waals surface area contributed by atoms with Gasteiger partial charge in [0.25, 0.3) is 0 Å². The van der Waals surface area contributed by atoms with Crippen molar-refractivity contribution in [3.05, 3.63) is 30.1 Å². The highest BCUT2D eigenvalue weighted by molar-refractivity contribution is 5.86. The summed E-state index contributed by atoms with van der Waals surface area (Å²) in [4.78, 5) is 14.0. The highest BCUT2D eigenvalue weighted by atomic mass is 16.5. The Kier molecular flexibility index (Phi) is 4.55. The van der Waals surface area contributed by atoms with Crippen LogP contribution >= 0.6 is 0 Å². The lowest BCUT2D eigenvalue weighted by Crippen LogP contribution is -2.01. The number of carbonyl (C=O) groups excluding carboxylic acids is 1. The topological polar surface area (TPSA) is 42.1 Å². The first-order valence-electron chi connectivity index (χ1n) is 4.80.